The van der Waals surface area contributed by atoms with Gasteiger partial charge in [0.05, 0.1) is 19.5 Å². The van der Waals surface area contributed by atoms with E-state index in [1.807, 2.05) is 32.2 Å². The van der Waals surface area contributed by atoms with Crippen molar-refractivity contribution < 1.29 is 14.3 Å². The summed E-state index contributed by atoms with van der Waals surface area (Å²) in [4.78, 5) is 30.1. The van der Waals surface area contributed by atoms with Crippen LogP contribution in [0.2, 0.25) is 0 Å². The molecule has 1 atom stereocenters. The fraction of sp³-hybridized carbons (Fsp3) is 0.440. The number of amides is 2. The quantitative estimate of drug-likeness (QED) is 0.750. The molecule has 2 fully saturated rings. The topological polar surface area (TPSA) is 74.4 Å². The number of Topliss-reactive ketones (excluding diaryl/α,β-unsaturated/α-hetero) is 1. The van der Waals surface area contributed by atoms with Gasteiger partial charge in [0, 0.05) is 24.9 Å². The Hall–Kier alpha value is -3.02. The van der Waals surface area contributed by atoms with Gasteiger partial charge in [-0.05, 0) is 61.1 Å². The van der Waals surface area contributed by atoms with Crippen LogP contribution in [0.25, 0.3) is 0 Å². The standard InChI is InChI=1S/C25H31N3O3/c1-17-6-7-23-21(11-17)12-22(29)13-25(31-23)15-28(16-25)24(30)27-14-20-5-4-8-26-19(3)9-18(2)10-20/h4-5,7-11,17,26H,6,12-16H2,1-3H3,(H,27,30). The molecule has 2 N–H and O–H groups in total. The Kier molecular flexibility index (Phi) is 5.90. The van der Waals surface area contributed by atoms with Gasteiger partial charge in [-0.2, -0.15) is 0 Å². The Bertz CT molecular complexity index is 997. The van der Waals surface area contributed by atoms with Crippen molar-refractivity contribution in [2.75, 3.05) is 13.1 Å². The van der Waals surface area contributed by atoms with E-state index < -0.39 is 5.60 Å². The van der Waals surface area contributed by atoms with Crippen molar-refractivity contribution in [2.24, 2.45) is 5.92 Å². The molecule has 2 aliphatic heterocycles. The first-order valence-electron chi connectivity index (χ1n) is 11.0. The number of hydrogen-bond donors (Lipinski definition) is 2. The zero-order valence-electron chi connectivity index (χ0n) is 18.5. The van der Waals surface area contributed by atoms with Gasteiger partial charge < -0.3 is 19.9 Å². The molecule has 3 aliphatic rings. The van der Waals surface area contributed by atoms with Crippen LogP contribution in [0.15, 0.2) is 53.9 Å². The van der Waals surface area contributed by atoms with Gasteiger partial charge in [0.2, 0.25) is 0 Å². The summed E-state index contributed by atoms with van der Waals surface area (Å²) in [5.74, 6) is 1.45. The van der Waals surface area contributed by atoms with Gasteiger partial charge in [-0.1, -0.05) is 25.1 Å². The van der Waals surface area contributed by atoms with Crippen molar-refractivity contribution in [1.82, 2.24) is 15.2 Å². The van der Waals surface area contributed by atoms with Crippen molar-refractivity contribution in [1.29, 1.82) is 0 Å². The van der Waals surface area contributed by atoms with Gasteiger partial charge in [0.1, 0.15) is 11.5 Å². The van der Waals surface area contributed by atoms with Crippen LogP contribution in [0, 0.1) is 19.8 Å². The number of nitrogens with zero attached hydrogens (tertiary/aromatic N) is 1. The highest BCUT2D eigenvalue weighted by Crippen LogP contribution is 2.39. The number of ether oxygens (including phenoxy) is 1. The average molecular weight is 422 g/mol. The van der Waals surface area contributed by atoms with Gasteiger partial charge in [-0.3, -0.25) is 4.79 Å². The summed E-state index contributed by atoms with van der Waals surface area (Å²) in [7, 11) is 0. The molecule has 3 heterocycles. The maximum absolute atomic E-state index is 12.7. The van der Waals surface area contributed by atoms with Crippen LogP contribution in [-0.2, 0) is 16.1 Å². The number of fused-ring (bicyclic) bond motifs is 1. The molecule has 31 heavy (non-hydrogen) atoms. The molecule has 1 aromatic rings. The Morgan fingerprint density at radius 3 is 2.94 bits per heavy atom. The van der Waals surface area contributed by atoms with Crippen molar-refractivity contribution in [2.45, 2.75) is 52.2 Å². The molecule has 4 rings (SSSR count). The molecule has 1 unspecified atom stereocenters. The molecule has 1 spiro atoms. The second kappa shape index (κ2) is 8.61. The smallest absolute Gasteiger partial charge is 0.317 e. The van der Waals surface area contributed by atoms with Crippen LogP contribution in [-0.4, -0.2) is 40.4 Å². The zero-order chi connectivity index (χ0) is 22.0. The molecule has 0 aromatic carbocycles. The third-order valence-corrected chi connectivity index (χ3v) is 5.97. The number of aromatic amines is 1. The first kappa shape index (κ1) is 21.2. The van der Waals surface area contributed by atoms with E-state index in [1.165, 1.54) is 0 Å². The summed E-state index contributed by atoms with van der Waals surface area (Å²) in [5, 5.41) is 3.00. The van der Waals surface area contributed by atoms with E-state index in [2.05, 4.69) is 41.5 Å². The maximum Gasteiger partial charge on any atom is 0.317 e. The molecule has 6 heteroatoms. The molecular weight excluding hydrogens is 390 g/mol. The number of allylic oxidation sites excluding steroid dienone is 3. The predicted octanol–water partition coefficient (Wildman–Crippen LogP) is 4.25. The van der Waals surface area contributed by atoms with Gasteiger partial charge in [0.15, 0.2) is 5.60 Å². The summed E-state index contributed by atoms with van der Waals surface area (Å²) in [6.07, 6.45) is 7.84. The minimum Gasteiger partial charge on any atom is -0.483 e. The van der Waals surface area contributed by atoms with E-state index in [-0.39, 0.29) is 11.8 Å². The zero-order valence-corrected chi connectivity index (χ0v) is 18.5. The molecule has 2 saturated heterocycles. The van der Waals surface area contributed by atoms with Crippen molar-refractivity contribution in [3.8, 4) is 0 Å². The first-order valence-corrected chi connectivity index (χ1v) is 11.0. The predicted molar refractivity (Wildman–Crippen MR) is 120 cm³/mol. The lowest BCUT2D eigenvalue weighted by Gasteiger charge is -2.49. The summed E-state index contributed by atoms with van der Waals surface area (Å²) >= 11 is 0. The fourth-order valence-electron chi connectivity index (χ4n) is 4.56. The number of carbonyl (C=O) groups excluding carboxylic acids is 2. The SMILES string of the molecule is Cc1cc(CNC(=O)N2CC3(CC(=O)CC4=CC(C)CC=C4O3)C2)ccc[nH]c(C)c1. The minimum atomic E-state index is -0.582. The molecule has 1 aromatic heterocycles. The summed E-state index contributed by atoms with van der Waals surface area (Å²) in [6.45, 7) is 7.50. The lowest BCUT2D eigenvalue weighted by molar-refractivity contribution is -0.132. The first-order chi connectivity index (χ1) is 14.8. The lowest BCUT2D eigenvalue weighted by Crippen LogP contribution is -2.66. The number of carbonyl (C=O) groups is 2. The molecule has 1 aliphatic carbocycles. The molecule has 0 saturated carbocycles. The number of likely N-dealkylation sites (tertiary alicyclic amines) is 1. The average Bonchev–Trinajstić information content (AvgIpc) is 2.76. The molecule has 0 bridgehead atoms. The van der Waals surface area contributed by atoms with Crippen molar-refractivity contribution >= 4 is 11.8 Å². The second-order valence-corrected chi connectivity index (χ2v) is 9.13. The van der Waals surface area contributed by atoms with E-state index in [1.54, 1.807) is 4.90 Å². The Labute approximate surface area is 183 Å². The number of ketones is 1. The van der Waals surface area contributed by atoms with Crippen LogP contribution < -0.4 is 5.32 Å². The highest BCUT2D eigenvalue weighted by molar-refractivity contribution is 5.84. The number of H-pyrrole nitrogens is 1. The van der Waals surface area contributed by atoms with Crippen LogP contribution >= 0.6 is 0 Å². The monoisotopic (exact) mass is 421 g/mol. The molecule has 164 valence electrons. The largest absolute Gasteiger partial charge is 0.483 e. The van der Waals surface area contributed by atoms with Crippen LogP contribution in [0.4, 0.5) is 4.79 Å². The van der Waals surface area contributed by atoms with E-state index in [9.17, 15) is 9.59 Å². The molecule has 2 amide bonds. The third kappa shape index (κ3) is 5.01. The number of aromatic nitrogens is 1. The number of nitrogens with one attached hydrogen (secondary N) is 2. The van der Waals surface area contributed by atoms with Gasteiger partial charge in [-0.25, -0.2) is 4.79 Å². The van der Waals surface area contributed by atoms with E-state index >= 15 is 0 Å². The van der Waals surface area contributed by atoms with E-state index in [0.717, 1.165) is 34.6 Å². The Morgan fingerprint density at radius 2 is 2.13 bits per heavy atom. The molecular formula is C25H31N3O3. The summed E-state index contributed by atoms with van der Waals surface area (Å²) < 4.78 is 6.31. The summed E-state index contributed by atoms with van der Waals surface area (Å²) in [6, 6.07) is 7.91. The Morgan fingerprint density at radius 1 is 1.32 bits per heavy atom. The maximum atomic E-state index is 12.7. The van der Waals surface area contributed by atoms with Crippen LogP contribution in [0.5, 0.6) is 0 Å². The summed E-state index contributed by atoms with van der Waals surface area (Å²) in [5.41, 5.74) is 3.61. The molecule has 6 nitrogen and oxygen atoms in total. The highest BCUT2D eigenvalue weighted by atomic mass is 16.5. The minimum absolute atomic E-state index is 0.131. The number of aryl methyl sites for hydroxylation is 2. The normalized spacial score (nSPS) is 21.6. The van der Waals surface area contributed by atoms with E-state index in [4.69, 9.17) is 4.74 Å². The lowest BCUT2D eigenvalue weighted by atomic mass is 9.88. The van der Waals surface area contributed by atoms with Crippen molar-refractivity contribution in [3.63, 3.8) is 0 Å². The Balaban J connectivity index is 1.38. The van der Waals surface area contributed by atoms with Crippen LogP contribution in [0.3, 0.4) is 0 Å². The van der Waals surface area contributed by atoms with Gasteiger partial charge >= 0.3 is 6.03 Å². The number of urea groups is 1. The molecule has 0 radical (unpaired) electrons. The number of hydrogen-bond acceptors (Lipinski definition) is 3. The van der Waals surface area contributed by atoms with Crippen molar-refractivity contribution in [3.05, 3.63) is 70.8 Å². The highest BCUT2D eigenvalue weighted by Gasteiger charge is 2.50. The number of rotatable bonds is 2. The van der Waals surface area contributed by atoms with Gasteiger partial charge in [0.25, 0.3) is 0 Å². The fourth-order valence-corrected chi connectivity index (χ4v) is 4.56. The van der Waals surface area contributed by atoms with E-state index in [0.29, 0.717) is 38.4 Å². The third-order valence-electron chi connectivity index (χ3n) is 5.97. The van der Waals surface area contributed by atoms with Gasteiger partial charge in [-0.15, -0.1) is 0 Å². The van der Waals surface area contributed by atoms with Crippen LogP contribution in [0.1, 0.15) is 43.0 Å². The second-order valence-electron chi connectivity index (χ2n) is 9.13.